The molecule has 7 amide bonds. The Morgan fingerprint density at radius 2 is 1.18 bits per heavy atom. The van der Waals surface area contributed by atoms with Gasteiger partial charge in [-0.1, -0.05) is 104 Å². The lowest BCUT2D eigenvalue weighted by atomic mass is 9.85. The maximum atomic E-state index is 15.9. The maximum Gasteiger partial charge on any atom is 0.324 e. The summed E-state index contributed by atoms with van der Waals surface area (Å²) < 4.78 is 103. The normalized spacial score (nSPS) is 14.0. The molecule has 1 aliphatic carbocycles. The third kappa shape index (κ3) is 24.5. The number of rotatable bonds is 44. The number of anilines is 8. The van der Waals surface area contributed by atoms with Crippen molar-refractivity contribution in [2.75, 3.05) is 125 Å². The number of ketones is 1. The van der Waals surface area contributed by atoms with Gasteiger partial charge >= 0.3 is 17.7 Å². The molecular formula is C92H120Cl2N18O15S3. The van der Waals surface area contributed by atoms with Crippen LogP contribution in [0.1, 0.15) is 132 Å². The number of aromatic nitrogens is 5. The van der Waals surface area contributed by atoms with Crippen LogP contribution in [0, 0.1) is 47.0 Å². The minimum atomic E-state index is -4.17. The first-order valence-electron chi connectivity index (χ1n) is 43.4. The van der Waals surface area contributed by atoms with Crippen molar-refractivity contribution in [3.8, 4) is 11.5 Å². The van der Waals surface area contributed by atoms with E-state index in [2.05, 4.69) is 55.9 Å². The SMILES string of the molecule is CCCCNC(=O)N(c1ccc(N(CC)CCNS(C)(=O)=O)cc1C)C(C(=O)Nc1cc(NCOC(CC)Oc2ccc(C)cc2C)ccc1Cl)(C(=O)C1(CC)CC1)n1cncn1.CCN(CCNS(C)(=O)=O)c1ccc(N(C(=O)NC(C)C)C(C(=O)Nc2cc(S(=O)(=O)NCCCOc3ccc(C)cc3C)ccc2Cl)(C(=O)N2CCc3ccccc32)n2cccn2)c(C)c1. The summed E-state index contributed by atoms with van der Waals surface area (Å²) in [5.74, 6) is -1.89. The molecule has 1 saturated carbocycles. The minimum Gasteiger partial charge on any atom is -0.493 e. The second-order valence-electron chi connectivity index (χ2n) is 32.6. The molecule has 7 aromatic carbocycles. The lowest BCUT2D eigenvalue weighted by Crippen LogP contribution is -2.70. The maximum absolute atomic E-state index is 15.9. The van der Waals surface area contributed by atoms with E-state index in [4.69, 9.17) is 37.4 Å². The van der Waals surface area contributed by atoms with Crippen molar-refractivity contribution in [2.45, 2.75) is 170 Å². The number of hydrogen-bond acceptors (Lipinski definition) is 21. The Bertz CT molecular complexity index is 5850. The van der Waals surface area contributed by atoms with E-state index in [1.54, 1.807) is 88.4 Å². The van der Waals surface area contributed by atoms with Crippen LogP contribution in [0.15, 0.2) is 169 Å². The summed E-state index contributed by atoms with van der Waals surface area (Å²) in [6.45, 7) is 27.5. The lowest BCUT2D eigenvalue weighted by molar-refractivity contribution is -0.142. The highest BCUT2D eigenvalue weighted by Gasteiger charge is 2.66. The third-order valence-electron chi connectivity index (χ3n) is 22.5. The van der Waals surface area contributed by atoms with Gasteiger partial charge in [0, 0.05) is 112 Å². The van der Waals surface area contributed by atoms with E-state index in [0.717, 1.165) is 72.5 Å². The van der Waals surface area contributed by atoms with Gasteiger partial charge in [0.1, 0.15) is 30.9 Å². The number of unbranched alkanes of at least 4 members (excludes halogenated alkanes) is 1. The average Bonchev–Trinajstić information content (AvgIpc) is 1.47. The highest BCUT2D eigenvalue weighted by atomic mass is 35.5. The van der Waals surface area contributed by atoms with Crippen molar-refractivity contribution in [3.05, 3.63) is 214 Å². The summed E-state index contributed by atoms with van der Waals surface area (Å²) in [6, 6.07) is 37.8. The van der Waals surface area contributed by atoms with Gasteiger partial charge < -0.3 is 55.5 Å². The molecule has 1 fully saturated rings. The number of urea groups is 2. The molecule has 130 heavy (non-hydrogen) atoms. The van der Waals surface area contributed by atoms with Gasteiger partial charge in [-0.15, -0.1) is 0 Å². The van der Waals surface area contributed by atoms with Crippen LogP contribution >= 0.6 is 23.2 Å². The number of sulfonamides is 3. The van der Waals surface area contributed by atoms with Crippen molar-refractivity contribution in [3.63, 3.8) is 0 Å². The first-order valence-corrected chi connectivity index (χ1v) is 49.4. The number of likely N-dealkylation sites (N-methyl/N-ethyl adjacent to an activating group) is 2. The van der Waals surface area contributed by atoms with E-state index in [-0.39, 0.29) is 83.8 Å². The Labute approximate surface area is 772 Å². The molecule has 8 N–H and O–H groups in total. The van der Waals surface area contributed by atoms with E-state index in [1.165, 1.54) is 59.1 Å². The first-order chi connectivity index (χ1) is 61.8. The number of aryl methyl sites for hydroxylation is 6. The molecule has 700 valence electrons. The quantitative estimate of drug-likeness (QED) is 0.00998. The van der Waals surface area contributed by atoms with Crippen LogP contribution in [0.25, 0.3) is 0 Å². The van der Waals surface area contributed by atoms with E-state index >= 15 is 24.0 Å². The number of nitrogens with zero attached hydrogens (tertiary/aromatic N) is 10. The molecule has 3 heterocycles. The minimum absolute atomic E-state index is 0.0391. The monoisotopic (exact) mass is 1880 g/mol. The fourth-order valence-electron chi connectivity index (χ4n) is 15.5. The topological polar surface area (TPSA) is 393 Å². The molecule has 0 bridgehead atoms. The Morgan fingerprint density at radius 1 is 0.600 bits per heavy atom. The molecular weight excluding hydrogens is 1760 g/mol. The Kier molecular flexibility index (Phi) is 34.6. The molecule has 1 aliphatic heterocycles. The number of amides is 7. The Balaban J connectivity index is 0.000000271. The van der Waals surface area contributed by atoms with Crippen LogP contribution in [-0.2, 0) is 71.7 Å². The number of para-hydroxylation sites is 1. The zero-order valence-corrected chi connectivity index (χ0v) is 80.2. The highest BCUT2D eigenvalue weighted by Crippen LogP contribution is 2.55. The van der Waals surface area contributed by atoms with E-state index in [9.17, 15) is 30.0 Å². The van der Waals surface area contributed by atoms with Crippen LogP contribution in [0.2, 0.25) is 10.0 Å². The molecule has 0 radical (unpaired) electrons. The fraction of sp³-hybridized carbons (Fsp3) is 0.424. The zero-order valence-electron chi connectivity index (χ0n) is 76.3. The standard InChI is InChI=1S/C47H58ClN9O8S2.C45H62ClN9O7S/c1-8-54(27-24-50-66(7,61)62)37-16-19-41(34(5)30-37)57(46(60)52-32(2)3)47(56-25-11-22-49-56,45(59)55-26-21-36-13-9-10-14-42(36)55)44(58)53-40-31-38(17-18-39(40)48)67(63,64)51-23-12-28-65-43-20-15-33(4)29-35(43)6;1-9-13-22-48-43(58)55(38-18-16-35(26-32(38)6)53(12-4)24-23-51-63(8,59)60)45(54-29-47-28-50-54,41(56)44(11-3)20-21-44)42(57)52-37-27-34(15-17-36(37)46)49-30-61-40(10-2)62-39-19-14-31(5)25-33(39)7/h9-11,13-20,22,25,29-32,50-51H,8,12,21,23-24,26-28H2,1-7H3,(H,52,60)(H,53,58);14-19,25-29,40,49,51H,9-13,20-24,30H2,1-8H3,(H,48,58)(H,52,57). The van der Waals surface area contributed by atoms with Gasteiger partial charge in [0.05, 0.1) is 56.8 Å². The molecule has 9 aromatic rings. The summed E-state index contributed by atoms with van der Waals surface area (Å²) >= 11 is 13.5. The number of carbonyl (C=O) groups is 6. The van der Waals surface area contributed by atoms with Gasteiger partial charge in [-0.2, -0.15) is 10.2 Å². The van der Waals surface area contributed by atoms with Gasteiger partial charge in [0.25, 0.3) is 23.4 Å². The largest absolute Gasteiger partial charge is 0.493 e. The van der Waals surface area contributed by atoms with Crippen LogP contribution in [0.3, 0.4) is 0 Å². The summed E-state index contributed by atoms with van der Waals surface area (Å²) in [7, 11) is -11.0. The number of carbonyl (C=O) groups excluding carboxylic acids is 6. The van der Waals surface area contributed by atoms with Gasteiger partial charge in [-0.05, 0) is 233 Å². The molecule has 3 atom stereocenters. The van der Waals surface area contributed by atoms with Crippen LogP contribution in [-0.4, -0.2) is 182 Å². The number of hydrogen-bond donors (Lipinski definition) is 8. The van der Waals surface area contributed by atoms with Crippen LogP contribution < -0.4 is 74.7 Å². The van der Waals surface area contributed by atoms with E-state index in [0.29, 0.717) is 105 Å². The number of benzene rings is 7. The van der Waals surface area contributed by atoms with E-state index < -0.39 is 94.7 Å². The van der Waals surface area contributed by atoms with Crippen molar-refractivity contribution < 1.29 is 68.2 Å². The lowest BCUT2D eigenvalue weighted by Gasteiger charge is -2.43. The number of ether oxygens (including phenoxy) is 3. The number of Topliss-reactive ketones (excluding diaryl/α,β-unsaturated/α-hetero) is 1. The zero-order chi connectivity index (χ0) is 94.6. The van der Waals surface area contributed by atoms with Crippen molar-refractivity contribution in [1.29, 1.82) is 0 Å². The molecule has 33 nitrogen and oxygen atoms in total. The van der Waals surface area contributed by atoms with Gasteiger partial charge in [0.15, 0.2) is 5.78 Å². The predicted octanol–water partition coefficient (Wildman–Crippen LogP) is 13.6. The predicted molar refractivity (Wildman–Crippen MR) is 510 cm³/mol. The molecule has 2 aliphatic rings. The molecule has 2 aromatic heterocycles. The second-order valence-corrected chi connectivity index (χ2v) is 38.8. The summed E-state index contributed by atoms with van der Waals surface area (Å²) in [6.07, 6.45) is 11.2. The summed E-state index contributed by atoms with van der Waals surface area (Å²) in [5, 5.41) is 23.8. The number of halogens is 2. The third-order valence-corrected chi connectivity index (χ3v) is 26.0. The van der Waals surface area contributed by atoms with Gasteiger partial charge in [0.2, 0.25) is 36.4 Å². The van der Waals surface area contributed by atoms with Crippen LogP contribution in [0.4, 0.5) is 55.1 Å². The highest BCUT2D eigenvalue weighted by molar-refractivity contribution is 7.89. The van der Waals surface area contributed by atoms with Gasteiger partial charge in [-0.3, -0.25) is 29.0 Å². The molecule has 0 saturated heterocycles. The number of nitrogens with one attached hydrogen (secondary N) is 8. The molecule has 3 unspecified atom stereocenters. The van der Waals surface area contributed by atoms with E-state index in [1.807, 2.05) is 127 Å². The second kappa shape index (κ2) is 44.6. The van der Waals surface area contributed by atoms with Crippen molar-refractivity contribution in [1.82, 2.24) is 49.3 Å². The van der Waals surface area contributed by atoms with Crippen molar-refractivity contribution in [2.24, 2.45) is 5.41 Å². The summed E-state index contributed by atoms with van der Waals surface area (Å²) in [4.78, 5) is 104. The Hall–Kier alpha value is -11.2. The van der Waals surface area contributed by atoms with Crippen LogP contribution in [0.5, 0.6) is 11.5 Å². The molecule has 0 spiro atoms. The number of fused-ring (bicyclic) bond motifs is 1. The first kappa shape index (κ1) is 101. The summed E-state index contributed by atoms with van der Waals surface area (Å²) in [5.41, 5.74) is 2.99. The molecule has 11 rings (SSSR count). The Morgan fingerprint density at radius 3 is 1.72 bits per heavy atom. The van der Waals surface area contributed by atoms with Crippen molar-refractivity contribution >= 4 is 134 Å². The van der Waals surface area contributed by atoms with Gasteiger partial charge in [-0.25, -0.2) is 63.4 Å². The average molecular weight is 1890 g/mol. The fourth-order valence-corrected chi connectivity index (χ4v) is 17.8. The smallest absolute Gasteiger partial charge is 0.324 e. The molecule has 38 heteroatoms.